The number of nitriles is 4. The van der Waals surface area contributed by atoms with Crippen molar-refractivity contribution in [1.82, 2.24) is 0 Å². The highest BCUT2D eigenvalue weighted by Crippen LogP contribution is 2.63. The number of carbonyl (C=O) groups is 2. The lowest BCUT2D eigenvalue weighted by atomic mass is 9.81. The lowest BCUT2D eigenvalue weighted by Crippen LogP contribution is -2.15. The molecule has 58 heavy (non-hydrogen) atoms. The first-order valence-electron chi connectivity index (χ1n) is 18.4. The van der Waals surface area contributed by atoms with Crippen LogP contribution in [0.1, 0.15) is 81.8 Å². The summed E-state index contributed by atoms with van der Waals surface area (Å²) < 4.78 is 3.05. The van der Waals surface area contributed by atoms with Gasteiger partial charge in [-0.3, -0.25) is 9.59 Å². The molecule has 0 saturated carbocycles. The van der Waals surface area contributed by atoms with Crippen LogP contribution in [0.25, 0.3) is 41.4 Å². The van der Waals surface area contributed by atoms with E-state index in [4.69, 9.17) is 21.0 Å². The highest BCUT2D eigenvalue weighted by Gasteiger charge is 2.44. The molecule has 4 aliphatic carbocycles. The van der Waals surface area contributed by atoms with Crippen molar-refractivity contribution in [2.45, 2.75) is 38.5 Å². The van der Waals surface area contributed by atoms with Gasteiger partial charge in [0.15, 0.2) is 11.6 Å². The van der Waals surface area contributed by atoms with Crippen molar-refractivity contribution in [3.05, 3.63) is 177 Å². The zero-order chi connectivity index (χ0) is 41.3. The summed E-state index contributed by atoms with van der Waals surface area (Å²) in [7, 11) is 0. The second kappa shape index (κ2) is 13.8. The van der Waals surface area contributed by atoms with Crippen molar-refractivity contribution in [3.8, 4) is 45.2 Å². The van der Waals surface area contributed by atoms with E-state index in [1.165, 1.54) is 41.4 Å². The number of rotatable bonds is 0. The molecule has 4 aliphatic rings. The molecule has 0 unspecified atom stereocenters. The number of ketones is 2. The van der Waals surface area contributed by atoms with Crippen LogP contribution in [0.5, 0.6) is 0 Å². The number of allylic oxidation sites excluding steroid dienone is 6. The Morgan fingerprint density at radius 2 is 0.776 bits per heavy atom. The van der Waals surface area contributed by atoms with Crippen LogP contribution >= 0.6 is 22.7 Å². The quantitative estimate of drug-likeness (QED) is 0.111. The summed E-state index contributed by atoms with van der Waals surface area (Å²) in [4.78, 5) is 26.6. The molecule has 0 radical (unpaired) electrons. The van der Waals surface area contributed by atoms with Crippen LogP contribution in [0, 0.1) is 45.3 Å². The van der Waals surface area contributed by atoms with E-state index in [0.717, 1.165) is 0 Å². The van der Waals surface area contributed by atoms with Crippen molar-refractivity contribution in [3.63, 3.8) is 0 Å². The standard InChI is InChI=1S/C24H20S2.2C13H6N2O/c1-23(2)15-11-7-5-9-13(15)19-17(23)21-22(25-19)18-20(26-21)14-10-6-8-12-16(14)24(18,3)4;2*1-8-12(9(6-14)7-15)10-4-2-3-5-11(10)13(8)16/h5-12H,1-4H3;2*2-5H,1H2. The fraction of sp³-hybridized carbons (Fsp3) is 0.120. The topological polar surface area (TPSA) is 129 Å². The Labute approximate surface area is 344 Å². The fourth-order valence-electron chi connectivity index (χ4n) is 8.69. The van der Waals surface area contributed by atoms with Gasteiger partial charge in [0.1, 0.15) is 35.4 Å². The molecule has 0 N–H and O–H groups in total. The van der Waals surface area contributed by atoms with Crippen LogP contribution in [-0.2, 0) is 10.8 Å². The van der Waals surface area contributed by atoms with Gasteiger partial charge in [-0.1, -0.05) is 138 Å². The molecule has 6 aromatic rings. The van der Waals surface area contributed by atoms with E-state index in [-0.39, 0.29) is 44.7 Å². The molecular formula is C50H32N4O2S2. The summed E-state index contributed by atoms with van der Waals surface area (Å²) in [5.74, 6) is -0.429. The van der Waals surface area contributed by atoms with E-state index in [9.17, 15) is 9.59 Å². The maximum Gasteiger partial charge on any atom is 0.193 e. The average Bonchev–Trinajstić information content (AvgIpc) is 4.02. The van der Waals surface area contributed by atoms with Crippen LogP contribution < -0.4 is 0 Å². The molecule has 2 heterocycles. The van der Waals surface area contributed by atoms with Crippen molar-refractivity contribution < 1.29 is 9.59 Å². The Hall–Kier alpha value is -7.20. The summed E-state index contributed by atoms with van der Waals surface area (Å²) >= 11 is 4.05. The molecule has 10 rings (SSSR count). The number of hydrogen-bond donors (Lipinski definition) is 0. The van der Waals surface area contributed by atoms with Crippen molar-refractivity contribution in [1.29, 1.82) is 21.0 Å². The van der Waals surface area contributed by atoms with E-state index in [0.29, 0.717) is 33.4 Å². The zero-order valence-electron chi connectivity index (χ0n) is 32.1. The van der Waals surface area contributed by atoms with Crippen LogP contribution in [0.4, 0.5) is 0 Å². The maximum atomic E-state index is 11.8. The minimum absolute atomic E-state index is 0.0664. The minimum Gasteiger partial charge on any atom is -0.289 e. The highest BCUT2D eigenvalue weighted by molar-refractivity contribution is 7.32. The number of carbonyl (C=O) groups excluding carboxylic acids is 2. The van der Waals surface area contributed by atoms with Crippen LogP contribution in [0.15, 0.2) is 133 Å². The number of nitrogens with zero attached hydrogens (tertiary/aromatic N) is 4. The summed E-state index contributed by atoms with van der Waals surface area (Å²) in [6.45, 7) is 16.9. The SMILES string of the molecule is C=C1C(=O)c2ccccc2C1=C(C#N)C#N.C=C1C(=O)c2ccccc2C1=C(C#N)C#N.CC1(C)c2ccccc2-c2sc3c4c(sc3c21)-c1ccccc1C4(C)C. The predicted octanol–water partition coefficient (Wildman–Crippen LogP) is 12.1. The third-order valence-electron chi connectivity index (χ3n) is 11.4. The Morgan fingerprint density at radius 1 is 0.483 bits per heavy atom. The van der Waals surface area contributed by atoms with Gasteiger partial charge in [0.05, 0.1) is 9.40 Å². The first-order valence-corrected chi connectivity index (χ1v) is 20.0. The van der Waals surface area contributed by atoms with E-state index >= 15 is 0 Å². The second-order valence-corrected chi connectivity index (χ2v) is 17.3. The van der Waals surface area contributed by atoms with Gasteiger partial charge in [-0.15, -0.1) is 22.7 Å². The Morgan fingerprint density at radius 3 is 1.10 bits per heavy atom. The van der Waals surface area contributed by atoms with Gasteiger partial charge in [-0.05, 0) is 44.5 Å². The maximum absolute atomic E-state index is 11.8. The zero-order valence-corrected chi connectivity index (χ0v) is 33.7. The highest BCUT2D eigenvalue weighted by atomic mass is 32.1. The Bertz CT molecular complexity index is 2890. The molecule has 276 valence electrons. The lowest BCUT2D eigenvalue weighted by molar-refractivity contribution is 0.103. The van der Waals surface area contributed by atoms with Crippen molar-refractivity contribution >= 4 is 54.8 Å². The smallest absolute Gasteiger partial charge is 0.193 e. The van der Waals surface area contributed by atoms with Gasteiger partial charge in [0.25, 0.3) is 0 Å². The molecule has 0 atom stereocenters. The third kappa shape index (κ3) is 5.32. The van der Waals surface area contributed by atoms with Gasteiger partial charge in [0.2, 0.25) is 0 Å². The summed E-state index contributed by atoms with van der Waals surface area (Å²) in [6.07, 6.45) is 0. The molecular weight excluding hydrogens is 753 g/mol. The first-order chi connectivity index (χ1) is 27.8. The number of Topliss-reactive ketones (excluding diaryl/α,β-unsaturated/α-hetero) is 2. The van der Waals surface area contributed by atoms with Crippen LogP contribution in [-0.4, -0.2) is 11.6 Å². The van der Waals surface area contributed by atoms with Gasteiger partial charge < -0.3 is 0 Å². The normalized spacial score (nSPS) is 15.2. The fourth-order valence-corrected chi connectivity index (χ4v) is 12.3. The van der Waals surface area contributed by atoms with E-state index in [1.807, 2.05) is 22.7 Å². The molecule has 0 fully saturated rings. The molecule has 4 aromatic carbocycles. The molecule has 8 heteroatoms. The van der Waals surface area contributed by atoms with Gasteiger partial charge in [-0.25, -0.2) is 0 Å². The first kappa shape index (κ1) is 37.7. The molecule has 0 aliphatic heterocycles. The summed E-state index contributed by atoms with van der Waals surface area (Å²) in [6, 6.07) is 38.9. The van der Waals surface area contributed by atoms with Crippen LogP contribution in [0.2, 0.25) is 0 Å². The molecule has 2 aromatic heterocycles. The third-order valence-corrected chi connectivity index (χ3v) is 14.1. The number of benzene rings is 4. The second-order valence-electron chi connectivity index (χ2n) is 15.3. The monoisotopic (exact) mass is 784 g/mol. The lowest BCUT2D eigenvalue weighted by Gasteiger charge is -2.22. The van der Waals surface area contributed by atoms with E-state index in [2.05, 4.69) is 89.4 Å². The van der Waals surface area contributed by atoms with Crippen LogP contribution in [0.3, 0.4) is 0 Å². The summed E-state index contributed by atoms with van der Waals surface area (Å²) in [5, 5.41) is 35.3. The molecule has 6 nitrogen and oxygen atoms in total. The number of fused-ring (bicyclic) bond motifs is 11. The van der Waals surface area contributed by atoms with E-state index < -0.39 is 0 Å². The molecule has 0 spiro atoms. The minimum atomic E-state index is -0.214. The predicted molar refractivity (Wildman–Crippen MR) is 231 cm³/mol. The molecule has 0 amide bonds. The Balaban J connectivity index is 0.000000128. The van der Waals surface area contributed by atoms with Gasteiger partial charge >= 0.3 is 0 Å². The van der Waals surface area contributed by atoms with Crippen molar-refractivity contribution in [2.75, 3.05) is 0 Å². The number of thiophene rings is 2. The average molecular weight is 785 g/mol. The summed E-state index contributed by atoms with van der Waals surface area (Å²) in [5.41, 5.74) is 12.5. The van der Waals surface area contributed by atoms with Crippen molar-refractivity contribution in [2.24, 2.45) is 0 Å². The molecule has 0 bridgehead atoms. The Kier molecular flexibility index (Phi) is 8.95. The van der Waals surface area contributed by atoms with E-state index in [1.54, 1.807) is 83.9 Å². The molecule has 0 saturated heterocycles. The van der Waals surface area contributed by atoms with Gasteiger partial charge in [-0.2, -0.15) is 21.0 Å². The number of hydrogen-bond acceptors (Lipinski definition) is 8. The largest absolute Gasteiger partial charge is 0.289 e. The van der Waals surface area contributed by atoms with Gasteiger partial charge in [0, 0.05) is 54.0 Å².